The molecular formula is C34H28Cl2F3N11O5. The molecule has 1 fully saturated rings. The minimum Gasteiger partial charge on any atom is -0.454 e. The first-order valence-corrected chi connectivity index (χ1v) is 16.9. The lowest BCUT2D eigenvalue weighted by Gasteiger charge is -2.19. The van der Waals surface area contributed by atoms with E-state index in [0.29, 0.717) is 34.9 Å². The number of carbonyl (C=O) groups excluding carboxylic acids is 4. The Labute approximate surface area is 319 Å². The van der Waals surface area contributed by atoms with Crippen molar-refractivity contribution in [1.29, 1.82) is 0 Å². The fourth-order valence-electron chi connectivity index (χ4n) is 5.08. The summed E-state index contributed by atoms with van der Waals surface area (Å²) in [4.78, 5) is 62.4. The molecule has 3 aromatic carbocycles. The molecule has 0 bridgehead atoms. The molecule has 16 nitrogen and oxygen atoms in total. The van der Waals surface area contributed by atoms with E-state index in [-0.39, 0.29) is 17.5 Å². The molecule has 6 rings (SSSR count). The quantitative estimate of drug-likeness (QED) is 0.0778. The average molecular weight is 799 g/mol. The van der Waals surface area contributed by atoms with E-state index >= 15 is 0 Å². The third-order valence-electron chi connectivity index (χ3n) is 7.95. The summed E-state index contributed by atoms with van der Waals surface area (Å²) >= 11 is 11.7. The number of anilines is 4. The van der Waals surface area contributed by atoms with E-state index in [1.165, 1.54) is 36.9 Å². The van der Waals surface area contributed by atoms with Gasteiger partial charge in [-0.3, -0.25) is 23.7 Å². The Kier molecular flexibility index (Phi) is 11.4. The maximum atomic E-state index is 13.0. The summed E-state index contributed by atoms with van der Waals surface area (Å²) in [6, 6.07) is 17.2. The zero-order valence-electron chi connectivity index (χ0n) is 28.1. The lowest BCUT2D eigenvalue weighted by Crippen LogP contribution is -2.49. The number of nitrogens with one attached hydrogen (secondary N) is 5. The van der Waals surface area contributed by atoms with Crippen molar-refractivity contribution < 1.29 is 37.1 Å². The third kappa shape index (κ3) is 10.4. The number of nitrogens with zero attached hydrogens (tertiary/aromatic N) is 6. The number of rotatable bonds is 14. The monoisotopic (exact) mass is 797 g/mol. The largest absolute Gasteiger partial charge is 0.454 e. The van der Waals surface area contributed by atoms with Gasteiger partial charge in [-0.2, -0.15) is 28.1 Å². The van der Waals surface area contributed by atoms with E-state index in [1.54, 1.807) is 41.0 Å². The van der Waals surface area contributed by atoms with E-state index < -0.39 is 59.9 Å². The van der Waals surface area contributed by atoms with Crippen molar-refractivity contribution in [2.45, 2.75) is 30.6 Å². The van der Waals surface area contributed by atoms with Gasteiger partial charge < -0.3 is 31.3 Å². The van der Waals surface area contributed by atoms with Crippen molar-refractivity contribution in [3.05, 3.63) is 102 Å². The number of halogens is 5. The number of benzene rings is 3. The molecule has 1 aliphatic rings. The van der Waals surface area contributed by atoms with Crippen LogP contribution in [0.1, 0.15) is 28.8 Å². The van der Waals surface area contributed by atoms with Crippen molar-refractivity contribution in [2.24, 2.45) is 0 Å². The molecule has 3 amide bonds. The summed E-state index contributed by atoms with van der Waals surface area (Å²) < 4.78 is 45.2. The van der Waals surface area contributed by atoms with Crippen LogP contribution in [0.3, 0.4) is 0 Å². The maximum Gasteiger partial charge on any atom is 0.422 e. The zero-order valence-corrected chi connectivity index (χ0v) is 29.6. The van der Waals surface area contributed by atoms with E-state index in [1.807, 2.05) is 12.1 Å². The van der Waals surface area contributed by atoms with Crippen LogP contribution in [0.4, 0.5) is 36.4 Å². The van der Waals surface area contributed by atoms with Crippen molar-refractivity contribution in [3.63, 3.8) is 0 Å². The molecule has 1 aliphatic carbocycles. The standard InChI is InChI=1S/C34H28Cl2F3N11O5/c35-21-8-6-20(7-9-21)33(12-13-33)49-31-46-30(47-32(48-31)55-16-34(37,38)39)44-22-10-4-19(5-11-22)27(52)45-25(26(36)51)15-40-28(53)29(54)43-23-2-1-3-24(14-23)50-17-41-42-18-50/h1-11,14,17-18,25H,12-13,15-16H2,(H,40,53)(H,43,54)(H,45,52)(H2,44,46,47,48,49)/t25-/m0/s1. The van der Waals surface area contributed by atoms with Crippen LogP contribution in [0.2, 0.25) is 5.02 Å². The van der Waals surface area contributed by atoms with Gasteiger partial charge in [-0.25, -0.2) is 0 Å². The SMILES string of the molecule is O=C(NC[C@H](NC(=O)c1ccc(Nc2nc(NC3(c4ccc(Cl)cc4)CC3)nc(OCC(F)(F)F)n2)cc1)C(=O)Cl)C(=O)Nc1cccc(-n2cnnc2)c1. The summed E-state index contributed by atoms with van der Waals surface area (Å²) in [5.41, 5.74) is 1.62. The first kappa shape index (κ1) is 38.4. The summed E-state index contributed by atoms with van der Waals surface area (Å²) in [6.45, 7) is -2.14. The number of alkyl halides is 3. The van der Waals surface area contributed by atoms with Gasteiger partial charge in [-0.1, -0.05) is 29.8 Å². The molecule has 1 saturated carbocycles. The second kappa shape index (κ2) is 16.4. The van der Waals surface area contributed by atoms with Crippen LogP contribution in [-0.4, -0.2) is 78.1 Å². The Morgan fingerprint density at radius 3 is 2.22 bits per heavy atom. The molecule has 0 saturated heterocycles. The molecule has 5 aromatic rings. The van der Waals surface area contributed by atoms with Gasteiger partial charge in [0.15, 0.2) is 6.61 Å². The number of ether oxygens (including phenoxy) is 1. The van der Waals surface area contributed by atoms with Gasteiger partial charge in [0.25, 0.3) is 5.91 Å². The number of amides is 3. The second-order valence-corrected chi connectivity index (χ2v) is 12.8. The zero-order chi connectivity index (χ0) is 39.2. The van der Waals surface area contributed by atoms with Crippen LogP contribution in [0.5, 0.6) is 6.01 Å². The molecule has 0 aliphatic heterocycles. The van der Waals surface area contributed by atoms with Gasteiger partial charge in [0.05, 0.1) is 11.2 Å². The Morgan fingerprint density at radius 1 is 0.873 bits per heavy atom. The normalized spacial score (nSPS) is 13.5. The van der Waals surface area contributed by atoms with Gasteiger partial charge in [0, 0.05) is 28.5 Å². The molecule has 1 atom stereocenters. The highest BCUT2D eigenvalue weighted by Crippen LogP contribution is 2.48. The molecule has 284 valence electrons. The van der Waals surface area contributed by atoms with Gasteiger partial charge >= 0.3 is 24.0 Å². The van der Waals surface area contributed by atoms with E-state index in [2.05, 4.69) is 51.7 Å². The van der Waals surface area contributed by atoms with Crippen molar-refractivity contribution >= 4 is 69.4 Å². The summed E-state index contributed by atoms with van der Waals surface area (Å²) in [6.07, 6.45) is -0.344. The average Bonchev–Trinajstić information content (AvgIpc) is 3.70. The van der Waals surface area contributed by atoms with Crippen molar-refractivity contribution in [3.8, 4) is 11.7 Å². The highest BCUT2D eigenvalue weighted by molar-refractivity contribution is 6.65. The van der Waals surface area contributed by atoms with Gasteiger partial charge in [-0.05, 0) is 84.6 Å². The molecular weight excluding hydrogens is 770 g/mol. The number of hydrogen-bond acceptors (Lipinski definition) is 12. The third-order valence-corrected chi connectivity index (χ3v) is 8.47. The summed E-state index contributed by atoms with van der Waals surface area (Å²) in [5.74, 6) is -3.08. The lowest BCUT2D eigenvalue weighted by atomic mass is 10.1. The number of carbonyl (C=O) groups is 4. The first-order valence-electron chi connectivity index (χ1n) is 16.2. The van der Waals surface area contributed by atoms with E-state index in [0.717, 1.165) is 5.56 Å². The Morgan fingerprint density at radius 2 is 1.56 bits per heavy atom. The molecule has 2 aromatic heterocycles. The fraction of sp³-hybridized carbons (Fsp3) is 0.206. The van der Waals surface area contributed by atoms with E-state index in [9.17, 15) is 32.3 Å². The van der Waals surface area contributed by atoms with Crippen molar-refractivity contribution in [2.75, 3.05) is 29.1 Å². The second-order valence-electron chi connectivity index (χ2n) is 12.0. The van der Waals surface area contributed by atoms with Gasteiger partial charge in [-0.15, -0.1) is 10.2 Å². The van der Waals surface area contributed by atoms with Gasteiger partial charge in [0.2, 0.25) is 17.1 Å². The van der Waals surface area contributed by atoms with Crippen LogP contribution in [0.25, 0.3) is 5.69 Å². The van der Waals surface area contributed by atoms with Crippen molar-refractivity contribution in [1.82, 2.24) is 40.3 Å². The maximum absolute atomic E-state index is 13.0. The van der Waals surface area contributed by atoms with Gasteiger partial charge in [0.1, 0.15) is 18.7 Å². The number of hydrogen-bond donors (Lipinski definition) is 5. The predicted octanol–water partition coefficient (Wildman–Crippen LogP) is 4.51. The van der Waals surface area contributed by atoms with Crippen LogP contribution >= 0.6 is 23.2 Å². The molecule has 0 unspecified atom stereocenters. The Bertz CT molecular complexity index is 2190. The highest BCUT2D eigenvalue weighted by Gasteiger charge is 2.45. The Balaban J connectivity index is 1.07. The molecule has 21 heteroatoms. The molecule has 55 heavy (non-hydrogen) atoms. The van der Waals surface area contributed by atoms with Crippen LogP contribution in [-0.2, 0) is 19.9 Å². The molecule has 2 heterocycles. The Hall–Kier alpha value is -6.34. The molecule has 0 spiro atoms. The lowest BCUT2D eigenvalue weighted by molar-refractivity contribution is -0.154. The molecule has 5 N–H and O–H groups in total. The predicted molar refractivity (Wildman–Crippen MR) is 192 cm³/mol. The van der Waals surface area contributed by atoms with Crippen LogP contribution in [0.15, 0.2) is 85.5 Å². The van der Waals surface area contributed by atoms with Crippen LogP contribution < -0.4 is 31.3 Å². The molecule has 0 radical (unpaired) electrons. The minimum absolute atomic E-state index is 0.0444. The summed E-state index contributed by atoms with van der Waals surface area (Å²) in [7, 11) is 0. The number of aromatic nitrogens is 6. The fourth-order valence-corrected chi connectivity index (χ4v) is 5.34. The van der Waals surface area contributed by atoms with E-state index in [4.69, 9.17) is 27.9 Å². The smallest absolute Gasteiger partial charge is 0.422 e. The first-order chi connectivity index (χ1) is 26.2. The van der Waals surface area contributed by atoms with Crippen LogP contribution in [0, 0.1) is 0 Å². The topological polar surface area (TPSA) is 207 Å². The minimum atomic E-state index is -4.65. The highest BCUT2D eigenvalue weighted by atomic mass is 35.5. The summed E-state index contributed by atoms with van der Waals surface area (Å²) in [5, 5.41) is 20.1.